The molecule has 0 aliphatic carbocycles. The highest BCUT2D eigenvalue weighted by Crippen LogP contribution is 2.50. The number of benzene rings is 2. The van der Waals surface area contributed by atoms with Gasteiger partial charge in [-0.05, 0) is 49.2 Å². The standard InChI is InChI=1S/C19H20ClNO2/c1-3-21(4-2)19(22)15-7-5-13(6-8-15)17-18(23-17)14-9-11-16(20)12-10-14/h5-12,17-18H,3-4H2,1-2H3/t17-,18-/m0/s1. The Morgan fingerprint density at radius 2 is 1.43 bits per heavy atom. The van der Waals surface area contributed by atoms with Gasteiger partial charge < -0.3 is 9.64 Å². The molecule has 1 heterocycles. The molecule has 23 heavy (non-hydrogen) atoms. The summed E-state index contributed by atoms with van der Waals surface area (Å²) in [4.78, 5) is 14.1. The Bertz CT molecular complexity index is 678. The fourth-order valence-electron chi connectivity index (χ4n) is 2.78. The second-order valence-electron chi connectivity index (χ2n) is 5.63. The Labute approximate surface area is 141 Å². The molecular weight excluding hydrogens is 310 g/mol. The Morgan fingerprint density at radius 3 is 1.91 bits per heavy atom. The molecule has 2 aromatic rings. The number of halogens is 1. The number of hydrogen-bond donors (Lipinski definition) is 0. The Balaban J connectivity index is 1.69. The molecular formula is C19H20ClNO2. The first-order valence-corrected chi connectivity index (χ1v) is 8.32. The first-order valence-electron chi connectivity index (χ1n) is 7.94. The maximum absolute atomic E-state index is 12.3. The van der Waals surface area contributed by atoms with Crippen LogP contribution in [-0.2, 0) is 4.74 Å². The zero-order valence-electron chi connectivity index (χ0n) is 13.3. The fraction of sp³-hybridized carbons (Fsp3) is 0.316. The van der Waals surface area contributed by atoms with Gasteiger partial charge in [0.2, 0.25) is 0 Å². The zero-order valence-corrected chi connectivity index (χ0v) is 14.1. The number of nitrogens with zero attached hydrogens (tertiary/aromatic N) is 1. The van der Waals surface area contributed by atoms with Crippen molar-refractivity contribution in [1.29, 1.82) is 0 Å². The van der Waals surface area contributed by atoms with Gasteiger partial charge in [-0.2, -0.15) is 0 Å². The summed E-state index contributed by atoms with van der Waals surface area (Å²) in [5.74, 6) is 0.0764. The second-order valence-corrected chi connectivity index (χ2v) is 6.06. The molecule has 0 spiro atoms. The summed E-state index contributed by atoms with van der Waals surface area (Å²) in [5, 5.41) is 0.727. The predicted molar refractivity (Wildman–Crippen MR) is 91.7 cm³/mol. The molecule has 3 rings (SSSR count). The quantitative estimate of drug-likeness (QED) is 0.749. The van der Waals surface area contributed by atoms with E-state index in [9.17, 15) is 4.79 Å². The topological polar surface area (TPSA) is 32.8 Å². The number of amides is 1. The maximum atomic E-state index is 12.3. The first kappa shape index (κ1) is 16.0. The van der Waals surface area contributed by atoms with Crippen LogP contribution in [0.1, 0.15) is 47.5 Å². The lowest BCUT2D eigenvalue weighted by molar-refractivity contribution is 0.0773. The number of carbonyl (C=O) groups is 1. The molecule has 120 valence electrons. The van der Waals surface area contributed by atoms with Crippen molar-refractivity contribution in [1.82, 2.24) is 4.90 Å². The van der Waals surface area contributed by atoms with Crippen LogP contribution in [0.15, 0.2) is 48.5 Å². The van der Waals surface area contributed by atoms with E-state index in [2.05, 4.69) is 0 Å². The van der Waals surface area contributed by atoms with Crippen LogP contribution in [0.25, 0.3) is 0 Å². The lowest BCUT2D eigenvalue weighted by Crippen LogP contribution is -2.30. The van der Waals surface area contributed by atoms with E-state index in [0.29, 0.717) is 0 Å². The Hall–Kier alpha value is -1.84. The van der Waals surface area contributed by atoms with E-state index in [4.69, 9.17) is 16.3 Å². The average Bonchev–Trinajstić information content (AvgIpc) is 3.37. The van der Waals surface area contributed by atoms with Crippen LogP contribution in [0.5, 0.6) is 0 Å². The van der Waals surface area contributed by atoms with Crippen molar-refractivity contribution < 1.29 is 9.53 Å². The van der Waals surface area contributed by atoms with Gasteiger partial charge in [-0.1, -0.05) is 35.9 Å². The lowest BCUT2D eigenvalue weighted by atomic mass is 10.0. The van der Waals surface area contributed by atoms with Gasteiger partial charge in [0, 0.05) is 23.7 Å². The van der Waals surface area contributed by atoms with E-state index >= 15 is 0 Å². The summed E-state index contributed by atoms with van der Waals surface area (Å²) < 4.78 is 5.78. The van der Waals surface area contributed by atoms with Crippen molar-refractivity contribution >= 4 is 17.5 Å². The number of epoxide rings is 1. The van der Waals surface area contributed by atoms with E-state index in [1.54, 1.807) is 0 Å². The van der Waals surface area contributed by atoms with Crippen LogP contribution in [0, 0.1) is 0 Å². The molecule has 0 radical (unpaired) electrons. The zero-order chi connectivity index (χ0) is 16.4. The Kier molecular flexibility index (Phi) is 4.69. The highest BCUT2D eigenvalue weighted by Gasteiger charge is 2.41. The van der Waals surface area contributed by atoms with Crippen LogP contribution in [-0.4, -0.2) is 23.9 Å². The van der Waals surface area contributed by atoms with E-state index in [1.165, 1.54) is 0 Å². The van der Waals surface area contributed by atoms with Gasteiger partial charge in [0.05, 0.1) is 0 Å². The number of hydrogen-bond acceptors (Lipinski definition) is 2. The van der Waals surface area contributed by atoms with Crippen molar-refractivity contribution in [2.75, 3.05) is 13.1 Å². The van der Waals surface area contributed by atoms with Crippen LogP contribution in [0.4, 0.5) is 0 Å². The minimum atomic E-state index is 0.0637. The number of carbonyl (C=O) groups excluding carboxylic acids is 1. The van der Waals surface area contributed by atoms with Gasteiger partial charge in [0.25, 0.3) is 5.91 Å². The van der Waals surface area contributed by atoms with Gasteiger partial charge in [-0.15, -0.1) is 0 Å². The van der Waals surface area contributed by atoms with Crippen molar-refractivity contribution in [2.24, 2.45) is 0 Å². The molecule has 0 saturated carbocycles. The molecule has 2 aromatic carbocycles. The second kappa shape index (κ2) is 6.73. The van der Waals surface area contributed by atoms with Gasteiger partial charge in [-0.25, -0.2) is 0 Å². The minimum absolute atomic E-state index is 0.0637. The SMILES string of the molecule is CCN(CC)C(=O)c1ccc([C@@H]2O[C@H]2c2ccc(Cl)cc2)cc1. The molecule has 1 amide bonds. The van der Waals surface area contributed by atoms with Gasteiger partial charge in [-0.3, -0.25) is 4.79 Å². The molecule has 0 bridgehead atoms. The summed E-state index contributed by atoms with van der Waals surface area (Å²) in [5.41, 5.74) is 2.95. The number of rotatable bonds is 5. The maximum Gasteiger partial charge on any atom is 0.253 e. The van der Waals surface area contributed by atoms with Crippen molar-refractivity contribution in [3.05, 3.63) is 70.2 Å². The smallest absolute Gasteiger partial charge is 0.253 e. The first-order chi connectivity index (χ1) is 11.1. The lowest BCUT2D eigenvalue weighted by Gasteiger charge is -2.18. The predicted octanol–water partition coefficient (Wildman–Crippen LogP) is 4.63. The molecule has 2 atom stereocenters. The molecule has 1 aliphatic rings. The molecule has 1 fully saturated rings. The summed E-state index contributed by atoms with van der Waals surface area (Å²) in [6, 6.07) is 15.5. The summed E-state index contributed by atoms with van der Waals surface area (Å²) in [6.45, 7) is 5.43. The van der Waals surface area contributed by atoms with Crippen LogP contribution >= 0.6 is 11.6 Å². The van der Waals surface area contributed by atoms with Crippen LogP contribution in [0.2, 0.25) is 5.02 Å². The molecule has 0 unspecified atom stereocenters. The van der Waals surface area contributed by atoms with E-state index in [1.807, 2.05) is 67.3 Å². The minimum Gasteiger partial charge on any atom is -0.359 e. The third-order valence-corrected chi connectivity index (χ3v) is 4.48. The largest absolute Gasteiger partial charge is 0.359 e. The molecule has 1 saturated heterocycles. The Morgan fingerprint density at radius 1 is 0.957 bits per heavy atom. The highest BCUT2D eigenvalue weighted by molar-refractivity contribution is 6.30. The van der Waals surface area contributed by atoms with Crippen molar-refractivity contribution in [3.8, 4) is 0 Å². The summed E-state index contributed by atoms with van der Waals surface area (Å²) in [6.07, 6.45) is 0.144. The number of ether oxygens (including phenoxy) is 1. The summed E-state index contributed by atoms with van der Waals surface area (Å²) in [7, 11) is 0. The molecule has 4 heteroatoms. The van der Waals surface area contributed by atoms with E-state index in [-0.39, 0.29) is 18.1 Å². The third kappa shape index (κ3) is 3.41. The normalized spacial score (nSPS) is 19.4. The van der Waals surface area contributed by atoms with Gasteiger partial charge >= 0.3 is 0 Å². The van der Waals surface area contributed by atoms with Gasteiger partial charge in [0.1, 0.15) is 12.2 Å². The van der Waals surface area contributed by atoms with Crippen molar-refractivity contribution in [3.63, 3.8) is 0 Å². The van der Waals surface area contributed by atoms with E-state index in [0.717, 1.165) is 34.8 Å². The van der Waals surface area contributed by atoms with Crippen LogP contribution in [0.3, 0.4) is 0 Å². The monoisotopic (exact) mass is 329 g/mol. The average molecular weight is 330 g/mol. The van der Waals surface area contributed by atoms with Crippen LogP contribution < -0.4 is 0 Å². The molecule has 3 nitrogen and oxygen atoms in total. The molecule has 0 N–H and O–H groups in total. The van der Waals surface area contributed by atoms with Gasteiger partial charge in [0.15, 0.2) is 0 Å². The molecule has 1 aliphatic heterocycles. The summed E-state index contributed by atoms with van der Waals surface area (Å²) >= 11 is 5.91. The third-order valence-electron chi connectivity index (χ3n) is 4.23. The van der Waals surface area contributed by atoms with Crippen molar-refractivity contribution in [2.45, 2.75) is 26.1 Å². The van der Waals surface area contributed by atoms with E-state index < -0.39 is 0 Å². The molecule has 0 aromatic heterocycles. The highest BCUT2D eigenvalue weighted by atomic mass is 35.5. The fourth-order valence-corrected chi connectivity index (χ4v) is 2.91.